The summed E-state index contributed by atoms with van der Waals surface area (Å²) in [6.45, 7) is 2.14. The van der Waals surface area contributed by atoms with Crippen LogP contribution in [0.3, 0.4) is 0 Å². The van der Waals surface area contributed by atoms with Crippen LogP contribution in [0.4, 0.5) is 0 Å². The van der Waals surface area contributed by atoms with Crippen molar-refractivity contribution in [1.29, 1.82) is 0 Å². The van der Waals surface area contributed by atoms with Crippen molar-refractivity contribution < 1.29 is 14.3 Å². The predicted octanol–water partition coefficient (Wildman–Crippen LogP) is 4.34. The molecule has 2 aromatic heterocycles. The van der Waals surface area contributed by atoms with Gasteiger partial charge in [0.2, 0.25) is 5.78 Å². The van der Waals surface area contributed by atoms with Gasteiger partial charge in [0.25, 0.3) is 5.56 Å². The average molecular weight is 444 g/mol. The molecule has 0 radical (unpaired) electrons. The molecule has 0 bridgehead atoms. The molecule has 0 amide bonds. The van der Waals surface area contributed by atoms with Crippen LogP contribution in [0.1, 0.15) is 57.9 Å². The summed E-state index contributed by atoms with van der Waals surface area (Å²) >= 11 is 0. The molecule has 2 aromatic carbocycles. The molecule has 0 aliphatic carbocycles. The first-order valence-corrected chi connectivity index (χ1v) is 11.3. The van der Waals surface area contributed by atoms with Crippen molar-refractivity contribution in [3.8, 4) is 0 Å². The highest BCUT2D eigenvalue weighted by molar-refractivity contribution is 6.10. The molecule has 0 spiro atoms. The number of hydrogen-bond acceptors (Lipinski definition) is 5. The Bertz CT molecular complexity index is 1450. The summed E-state index contributed by atoms with van der Waals surface area (Å²) in [6.07, 6.45) is 4.96. The Morgan fingerprint density at radius 1 is 1.06 bits per heavy atom. The first-order valence-electron chi connectivity index (χ1n) is 11.3. The lowest BCUT2D eigenvalue weighted by atomic mass is 10.1. The normalized spacial score (nSPS) is 14.0. The van der Waals surface area contributed by atoms with Gasteiger partial charge in [0.05, 0.1) is 16.5 Å². The second-order valence-electron chi connectivity index (χ2n) is 8.55. The lowest BCUT2D eigenvalue weighted by molar-refractivity contribution is 0.0475. The van der Waals surface area contributed by atoms with Gasteiger partial charge in [-0.2, -0.15) is 0 Å². The maximum absolute atomic E-state index is 13.0. The van der Waals surface area contributed by atoms with Crippen molar-refractivity contribution in [3.63, 3.8) is 0 Å². The van der Waals surface area contributed by atoms with Crippen molar-refractivity contribution in [2.24, 2.45) is 0 Å². The number of carbonyl (C=O) groups is 2. The van der Waals surface area contributed by atoms with Crippen molar-refractivity contribution in [2.75, 3.05) is 6.61 Å². The molecule has 0 saturated heterocycles. The third-order valence-corrected chi connectivity index (χ3v) is 6.31. The fraction of sp³-hybridized carbons (Fsp3) is 0.308. The zero-order valence-electron chi connectivity index (χ0n) is 18.5. The van der Waals surface area contributed by atoms with E-state index < -0.39 is 5.97 Å². The van der Waals surface area contributed by atoms with Crippen LogP contribution in [0.5, 0.6) is 0 Å². The molecule has 7 nitrogen and oxygen atoms in total. The lowest BCUT2D eigenvalue weighted by Crippen LogP contribution is -2.26. The van der Waals surface area contributed by atoms with Crippen molar-refractivity contribution in [1.82, 2.24) is 14.5 Å². The fourth-order valence-electron chi connectivity index (χ4n) is 4.64. The summed E-state index contributed by atoms with van der Waals surface area (Å²) < 4.78 is 7.10. The van der Waals surface area contributed by atoms with Gasteiger partial charge in [0.15, 0.2) is 6.61 Å². The summed E-state index contributed by atoms with van der Waals surface area (Å²) in [5.74, 6) is -0.115. The summed E-state index contributed by atoms with van der Waals surface area (Å²) in [6, 6.07) is 12.3. The second kappa shape index (κ2) is 8.65. The Morgan fingerprint density at radius 3 is 2.76 bits per heavy atom. The quantitative estimate of drug-likeness (QED) is 0.374. The molecule has 4 aromatic rings. The molecule has 0 saturated carbocycles. The number of hydrogen-bond donors (Lipinski definition) is 1. The number of nitrogens with one attached hydrogen (secondary N) is 1. The summed E-state index contributed by atoms with van der Waals surface area (Å²) in [5, 5.41) is 1.30. The van der Waals surface area contributed by atoms with Gasteiger partial charge < -0.3 is 9.72 Å². The topological polar surface area (TPSA) is 94.0 Å². The molecule has 1 N–H and O–H groups in total. The van der Waals surface area contributed by atoms with Crippen LogP contribution in [0.15, 0.2) is 47.3 Å². The second-order valence-corrected chi connectivity index (χ2v) is 8.55. The molecular formula is C26H25N3O4. The maximum Gasteiger partial charge on any atom is 0.338 e. The van der Waals surface area contributed by atoms with Crippen molar-refractivity contribution >= 4 is 33.6 Å². The minimum Gasteiger partial charge on any atom is -0.454 e. The van der Waals surface area contributed by atoms with Gasteiger partial charge in [0.1, 0.15) is 5.82 Å². The van der Waals surface area contributed by atoms with E-state index in [4.69, 9.17) is 4.74 Å². The van der Waals surface area contributed by atoms with E-state index in [0.717, 1.165) is 54.5 Å². The number of rotatable bonds is 4. The molecule has 7 heteroatoms. The number of carbonyl (C=O) groups excluding carboxylic acids is 2. The standard InChI is InChI=1S/C26H25N3O4/c1-16-24(18-8-5-6-9-20(18)27-16)22(30)15-33-26(32)17-11-12-19-21(14-17)28-23-10-4-2-3-7-13-29(23)25(19)31/h5-6,8-9,11-12,14,27H,2-4,7,10,13,15H2,1H3. The predicted molar refractivity (Wildman–Crippen MR) is 126 cm³/mol. The number of nitrogens with zero attached hydrogens (tertiary/aromatic N) is 2. The van der Waals surface area contributed by atoms with E-state index in [9.17, 15) is 14.4 Å². The average Bonchev–Trinajstić information content (AvgIpc) is 3.14. The van der Waals surface area contributed by atoms with E-state index in [2.05, 4.69) is 9.97 Å². The largest absolute Gasteiger partial charge is 0.454 e. The third-order valence-electron chi connectivity index (χ3n) is 6.31. The minimum absolute atomic E-state index is 0.0678. The summed E-state index contributed by atoms with van der Waals surface area (Å²) in [4.78, 5) is 46.3. The van der Waals surface area contributed by atoms with E-state index in [-0.39, 0.29) is 23.5 Å². The number of H-pyrrole nitrogens is 1. The molecule has 3 heterocycles. The Balaban J connectivity index is 1.38. The molecule has 1 aliphatic heterocycles. The maximum atomic E-state index is 13.0. The van der Waals surface area contributed by atoms with Crippen LogP contribution in [-0.4, -0.2) is 32.9 Å². The van der Waals surface area contributed by atoms with Gasteiger partial charge in [-0.3, -0.25) is 14.2 Å². The van der Waals surface area contributed by atoms with Crippen LogP contribution in [-0.2, 0) is 17.7 Å². The lowest BCUT2D eigenvalue weighted by Gasteiger charge is -2.16. The smallest absolute Gasteiger partial charge is 0.338 e. The number of esters is 1. The molecule has 0 fully saturated rings. The van der Waals surface area contributed by atoms with Gasteiger partial charge in [-0.25, -0.2) is 9.78 Å². The third kappa shape index (κ3) is 3.95. The van der Waals surface area contributed by atoms with E-state index in [0.29, 0.717) is 23.0 Å². The first-order chi connectivity index (χ1) is 16.0. The monoisotopic (exact) mass is 443 g/mol. The number of benzene rings is 2. The van der Waals surface area contributed by atoms with Crippen molar-refractivity contribution in [3.05, 3.63) is 75.5 Å². The Morgan fingerprint density at radius 2 is 1.88 bits per heavy atom. The van der Waals surface area contributed by atoms with E-state index in [1.54, 1.807) is 22.8 Å². The fourth-order valence-corrected chi connectivity index (χ4v) is 4.64. The van der Waals surface area contributed by atoms with Gasteiger partial charge in [-0.05, 0) is 44.0 Å². The van der Waals surface area contributed by atoms with Crippen LogP contribution in [0, 0.1) is 6.92 Å². The highest BCUT2D eigenvalue weighted by Crippen LogP contribution is 2.23. The number of para-hydroxylation sites is 1. The molecule has 0 unspecified atom stereocenters. The van der Waals surface area contributed by atoms with E-state index >= 15 is 0 Å². The SMILES string of the molecule is Cc1[nH]c2ccccc2c1C(=O)COC(=O)c1ccc2c(=O)n3c(nc2c1)CCCCCC3. The van der Waals surface area contributed by atoms with E-state index in [1.807, 2.05) is 31.2 Å². The summed E-state index contributed by atoms with van der Waals surface area (Å²) in [5.41, 5.74) is 2.83. The summed E-state index contributed by atoms with van der Waals surface area (Å²) in [7, 11) is 0. The molecule has 168 valence electrons. The van der Waals surface area contributed by atoms with Gasteiger partial charge in [0, 0.05) is 35.1 Å². The number of aromatic amines is 1. The van der Waals surface area contributed by atoms with Gasteiger partial charge in [-0.1, -0.05) is 31.0 Å². The van der Waals surface area contributed by atoms with Crippen LogP contribution >= 0.6 is 0 Å². The van der Waals surface area contributed by atoms with Crippen LogP contribution in [0.25, 0.3) is 21.8 Å². The number of ether oxygens (including phenoxy) is 1. The molecule has 0 atom stereocenters. The number of Topliss-reactive ketones (excluding diaryl/α,β-unsaturated/α-hetero) is 1. The Hall–Kier alpha value is -3.74. The van der Waals surface area contributed by atoms with Crippen LogP contribution < -0.4 is 5.56 Å². The first kappa shape index (κ1) is 21.1. The zero-order chi connectivity index (χ0) is 22.9. The van der Waals surface area contributed by atoms with Gasteiger partial charge in [-0.15, -0.1) is 0 Å². The minimum atomic E-state index is -0.614. The molecule has 1 aliphatic rings. The van der Waals surface area contributed by atoms with Gasteiger partial charge >= 0.3 is 5.97 Å². The van der Waals surface area contributed by atoms with Crippen LogP contribution in [0.2, 0.25) is 0 Å². The van der Waals surface area contributed by atoms with Crippen molar-refractivity contribution in [2.45, 2.75) is 45.6 Å². The Kier molecular flexibility index (Phi) is 5.54. The highest BCUT2D eigenvalue weighted by Gasteiger charge is 2.19. The zero-order valence-corrected chi connectivity index (χ0v) is 18.5. The molecule has 5 rings (SSSR count). The molecular weight excluding hydrogens is 418 g/mol. The Labute approximate surface area is 190 Å². The van der Waals surface area contributed by atoms with E-state index in [1.165, 1.54) is 0 Å². The number of aromatic nitrogens is 3. The number of ketones is 1. The highest BCUT2D eigenvalue weighted by atomic mass is 16.5. The molecule has 33 heavy (non-hydrogen) atoms. The number of fused-ring (bicyclic) bond motifs is 3. The number of aryl methyl sites for hydroxylation is 2.